The molecule has 1 rings (SSSR count). The molecular weight excluding hydrogens is 200 g/mol. The van der Waals surface area contributed by atoms with Gasteiger partial charge in [-0.05, 0) is 38.0 Å². The lowest BCUT2D eigenvalue weighted by atomic mass is 10.2. The highest BCUT2D eigenvalue weighted by Crippen LogP contribution is 2.15. The van der Waals surface area contributed by atoms with Crippen LogP contribution in [0, 0.1) is 6.92 Å². The van der Waals surface area contributed by atoms with Gasteiger partial charge in [0.05, 0.1) is 6.61 Å². The van der Waals surface area contributed by atoms with Crippen molar-refractivity contribution in [3.63, 3.8) is 0 Å². The number of unbranched alkanes of at least 4 members (excludes halogenated alkanes) is 1. The van der Waals surface area contributed by atoms with Crippen LogP contribution in [0.15, 0.2) is 12.1 Å². The zero-order chi connectivity index (χ0) is 12.0. The summed E-state index contributed by atoms with van der Waals surface area (Å²) in [6.45, 7) is 8.38. The van der Waals surface area contributed by atoms with E-state index in [0.29, 0.717) is 0 Å². The van der Waals surface area contributed by atoms with Crippen LogP contribution in [-0.2, 0) is 6.61 Å². The Labute approximate surface area is 98.1 Å². The maximum absolute atomic E-state index is 9.17. The SMILES string of the molecule is CCCCN(CC)c1cc(CO)cc(C)n1. The highest BCUT2D eigenvalue weighted by atomic mass is 16.3. The van der Waals surface area contributed by atoms with Crippen molar-refractivity contribution in [3.05, 3.63) is 23.4 Å². The van der Waals surface area contributed by atoms with Crippen molar-refractivity contribution in [1.82, 2.24) is 4.98 Å². The molecule has 0 fully saturated rings. The number of aliphatic hydroxyl groups excluding tert-OH is 1. The fourth-order valence-corrected chi connectivity index (χ4v) is 1.76. The average Bonchev–Trinajstić information content (AvgIpc) is 2.29. The van der Waals surface area contributed by atoms with Crippen LogP contribution in [0.5, 0.6) is 0 Å². The van der Waals surface area contributed by atoms with E-state index in [1.807, 2.05) is 19.1 Å². The number of anilines is 1. The van der Waals surface area contributed by atoms with Crippen LogP contribution < -0.4 is 4.90 Å². The molecule has 0 aliphatic rings. The van der Waals surface area contributed by atoms with E-state index in [-0.39, 0.29) is 6.61 Å². The number of aromatic nitrogens is 1. The van der Waals surface area contributed by atoms with Crippen LogP contribution >= 0.6 is 0 Å². The maximum atomic E-state index is 9.17. The van der Waals surface area contributed by atoms with Gasteiger partial charge in [-0.25, -0.2) is 4.98 Å². The van der Waals surface area contributed by atoms with E-state index in [4.69, 9.17) is 0 Å². The molecule has 0 spiro atoms. The van der Waals surface area contributed by atoms with E-state index < -0.39 is 0 Å². The Morgan fingerprint density at radius 1 is 1.31 bits per heavy atom. The Hall–Kier alpha value is -1.09. The predicted octanol–water partition coefficient (Wildman–Crippen LogP) is 2.51. The van der Waals surface area contributed by atoms with Crippen molar-refractivity contribution in [1.29, 1.82) is 0 Å². The second-order valence-electron chi connectivity index (χ2n) is 4.07. The zero-order valence-electron chi connectivity index (χ0n) is 10.5. The van der Waals surface area contributed by atoms with Gasteiger partial charge >= 0.3 is 0 Å². The monoisotopic (exact) mass is 222 g/mol. The van der Waals surface area contributed by atoms with Crippen LogP contribution in [-0.4, -0.2) is 23.2 Å². The zero-order valence-corrected chi connectivity index (χ0v) is 10.5. The number of hydrogen-bond acceptors (Lipinski definition) is 3. The number of hydrogen-bond donors (Lipinski definition) is 1. The molecule has 90 valence electrons. The van der Waals surface area contributed by atoms with Gasteiger partial charge in [0.1, 0.15) is 5.82 Å². The molecular formula is C13H22N2O. The molecule has 0 aliphatic heterocycles. The second kappa shape index (κ2) is 6.48. The molecule has 1 N–H and O–H groups in total. The minimum absolute atomic E-state index is 0.0850. The summed E-state index contributed by atoms with van der Waals surface area (Å²) in [7, 11) is 0. The van der Waals surface area contributed by atoms with Crippen LogP contribution in [0.25, 0.3) is 0 Å². The van der Waals surface area contributed by atoms with E-state index in [2.05, 4.69) is 23.7 Å². The molecule has 3 nitrogen and oxygen atoms in total. The van der Waals surface area contributed by atoms with Gasteiger partial charge in [-0.3, -0.25) is 0 Å². The number of rotatable bonds is 6. The molecule has 0 saturated heterocycles. The summed E-state index contributed by atoms with van der Waals surface area (Å²) in [5.41, 5.74) is 1.91. The minimum atomic E-state index is 0.0850. The van der Waals surface area contributed by atoms with Gasteiger partial charge in [0.25, 0.3) is 0 Å². The van der Waals surface area contributed by atoms with Gasteiger partial charge in [0.15, 0.2) is 0 Å². The first kappa shape index (κ1) is 13.0. The maximum Gasteiger partial charge on any atom is 0.129 e. The van der Waals surface area contributed by atoms with Gasteiger partial charge in [-0.1, -0.05) is 13.3 Å². The third kappa shape index (κ3) is 3.49. The Bertz CT molecular complexity index is 326. The Kier molecular flexibility index (Phi) is 5.26. The van der Waals surface area contributed by atoms with Gasteiger partial charge in [-0.15, -0.1) is 0 Å². The van der Waals surface area contributed by atoms with E-state index >= 15 is 0 Å². The lowest BCUT2D eigenvalue weighted by Gasteiger charge is -2.22. The first-order valence-corrected chi connectivity index (χ1v) is 6.04. The predicted molar refractivity (Wildman–Crippen MR) is 67.7 cm³/mol. The standard InChI is InChI=1S/C13H22N2O/c1-4-6-7-15(5-2)13-9-12(10-16)8-11(3)14-13/h8-9,16H,4-7,10H2,1-3H3. The fourth-order valence-electron chi connectivity index (χ4n) is 1.76. The first-order valence-electron chi connectivity index (χ1n) is 6.04. The minimum Gasteiger partial charge on any atom is -0.392 e. The topological polar surface area (TPSA) is 36.4 Å². The van der Waals surface area contributed by atoms with Gasteiger partial charge in [0, 0.05) is 18.8 Å². The summed E-state index contributed by atoms with van der Waals surface area (Å²) >= 11 is 0. The average molecular weight is 222 g/mol. The van der Waals surface area contributed by atoms with Gasteiger partial charge in [0.2, 0.25) is 0 Å². The quantitative estimate of drug-likeness (QED) is 0.803. The molecule has 1 aromatic heterocycles. The molecule has 0 amide bonds. The molecule has 0 aliphatic carbocycles. The molecule has 0 aromatic carbocycles. The Morgan fingerprint density at radius 3 is 2.62 bits per heavy atom. The third-order valence-corrected chi connectivity index (χ3v) is 2.67. The fraction of sp³-hybridized carbons (Fsp3) is 0.615. The van der Waals surface area contributed by atoms with Gasteiger partial charge < -0.3 is 10.0 Å². The molecule has 3 heteroatoms. The van der Waals surface area contributed by atoms with E-state index in [1.54, 1.807) is 0 Å². The van der Waals surface area contributed by atoms with Crippen molar-refractivity contribution >= 4 is 5.82 Å². The molecule has 0 unspecified atom stereocenters. The first-order chi connectivity index (χ1) is 7.71. The Morgan fingerprint density at radius 2 is 2.06 bits per heavy atom. The highest BCUT2D eigenvalue weighted by molar-refractivity contribution is 5.42. The highest BCUT2D eigenvalue weighted by Gasteiger charge is 2.07. The summed E-state index contributed by atoms with van der Waals surface area (Å²) in [6, 6.07) is 3.91. The number of aliphatic hydroxyl groups is 1. The van der Waals surface area contributed by atoms with E-state index in [1.165, 1.54) is 12.8 Å². The summed E-state index contributed by atoms with van der Waals surface area (Å²) < 4.78 is 0. The van der Waals surface area contributed by atoms with E-state index in [0.717, 1.165) is 30.2 Å². The van der Waals surface area contributed by atoms with Crippen molar-refractivity contribution in [2.45, 2.75) is 40.2 Å². The van der Waals surface area contributed by atoms with Crippen LogP contribution in [0.1, 0.15) is 37.9 Å². The number of pyridine rings is 1. The molecule has 0 bridgehead atoms. The lowest BCUT2D eigenvalue weighted by Crippen LogP contribution is -2.25. The Balaban J connectivity index is 2.86. The summed E-state index contributed by atoms with van der Waals surface area (Å²) in [4.78, 5) is 6.78. The van der Waals surface area contributed by atoms with Crippen LogP contribution in [0.2, 0.25) is 0 Å². The summed E-state index contributed by atoms with van der Waals surface area (Å²) in [5.74, 6) is 0.986. The number of aryl methyl sites for hydroxylation is 1. The summed E-state index contributed by atoms with van der Waals surface area (Å²) in [6.07, 6.45) is 2.37. The van der Waals surface area contributed by atoms with Gasteiger partial charge in [-0.2, -0.15) is 0 Å². The molecule has 16 heavy (non-hydrogen) atoms. The molecule has 0 atom stereocenters. The van der Waals surface area contributed by atoms with Crippen molar-refractivity contribution < 1.29 is 5.11 Å². The molecule has 1 aromatic rings. The number of nitrogens with zero attached hydrogens (tertiary/aromatic N) is 2. The lowest BCUT2D eigenvalue weighted by molar-refractivity contribution is 0.281. The normalized spacial score (nSPS) is 10.5. The second-order valence-corrected chi connectivity index (χ2v) is 4.07. The van der Waals surface area contributed by atoms with Crippen molar-refractivity contribution in [2.24, 2.45) is 0 Å². The largest absolute Gasteiger partial charge is 0.392 e. The van der Waals surface area contributed by atoms with Crippen molar-refractivity contribution in [2.75, 3.05) is 18.0 Å². The summed E-state index contributed by atoms with van der Waals surface area (Å²) in [5, 5.41) is 9.17. The van der Waals surface area contributed by atoms with E-state index in [9.17, 15) is 5.11 Å². The molecule has 0 radical (unpaired) electrons. The van der Waals surface area contributed by atoms with Crippen LogP contribution in [0.4, 0.5) is 5.82 Å². The van der Waals surface area contributed by atoms with Crippen molar-refractivity contribution in [3.8, 4) is 0 Å². The molecule has 0 saturated carbocycles. The smallest absolute Gasteiger partial charge is 0.129 e. The van der Waals surface area contributed by atoms with Crippen LogP contribution in [0.3, 0.4) is 0 Å². The molecule has 1 heterocycles. The third-order valence-electron chi connectivity index (χ3n) is 2.67.